The summed E-state index contributed by atoms with van der Waals surface area (Å²) in [5.74, 6) is 12.8. The van der Waals surface area contributed by atoms with Crippen LogP contribution in [0.4, 0.5) is 0 Å². The highest BCUT2D eigenvalue weighted by atomic mass is 14.8. The molecule has 0 unspecified atom stereocenters. The van der Waals surface area contributed by atoms with E-state index in [0.717, 1.165) is 33.9 Å². The number of benzene rings is 1. The molecule has 0 aliphatic carbocycles. The molecule has 0 bridgehead atoms. The third-order valence-electron chi connectivity index (χ3n) is 4.93. The average Bonchev–Trinajstić information content (AvgIpc) is 2.92. The van der Waals surface area contributed by atoms with Crippen molar-refractivity contribution < 1.29 is 0 Å². The van der Waals surface area contributed by atoms with Crippen LogP contribution < -0.4 is 0 Å². The molecule has 0 N–H and O–H groups in total. The van der Waals surface area contributed by atoms with Crippen molar-refractivity contribution in [3.8, 4) is 46.5 Å². The fraction of sp³-hybridized carbons (Fsp3) is 0. The molecule has 0 spiro atoms. The fourth-order valence-electron chi connectivity index (χ4n) is 3.29. The molecule has 1 aromatic carbocycles. The van der Waals surface area contributed by atoms with Crippen LogP contribution in [0.3, 0.4) is 0 Å². The Morgan fingerprint density at radius 3 is 1.26 bits per heavy atom. The number of hydrogen-bond donors (Lipinski definition) is 0. The Hall–Kier alpha value is -5.06. The van der Waals surface area contributed by atoms with Gasteiger partial charge >= 0.3 is 0 Å². The lowest BCUT2D eigenvalue weighted by Crippen LogP contribution is -1.90. The summed E-state index contributed by atoms with van der Waals surface area (Å²) >= 11 is 0. The van der Waals surface area contributed by atoms with E-state index < -0.39 is 0 Å². The highest BCUT2D eigenvalue weighted by Gasteiger charge is 2.02. The molecule has 0 amide bonds. The van der Waals surface area contributed by atoms with Gasteiger partial charge in [-0.3, -0.25) is 9.97 Å². The molecule has 0 saturated heterocycles. The summed E-state index contributed by atoms with van der Waals surface area (Å²) in [5, 5.41) is 0. The Labute approximate surface area is 198 Å². The lowest BCUT2D eigenvalue weighted by Gasteiger charge is -2.00. The molecule has 158 valence electrons. The molecule has 4 nitrogen and oxygen atoms in total. The molecule has 0 atom stereocenters. The Balaban J connectivity index is 1.42. The first-order valence-corrected chi connectivity index (χ1v) is 10.8. The monoisotopic (exact) mass is 434 g/mol. The van der Waals surface area contributed by atoms with E-state index in [9.17, 15) is 0 Å². The summed E-state index contributed by atoms with van der Waals surface area (Å²) in [6.07, 6.45) is 3.51. The molecule has 0 fully saturated rings. The van der Waals surface area contributed by atoms with Gasteiger partial charge in [-0.05, 0) is 72.5 Å². The summed E-state index contributed by atoms with van der Waals surface area (Å²) in [5.41, 5.74) is 6.24. The van der Waals surface area contributed by atoms with E-state index in [4.69, 9.17) is 0 Å². The van der Waals surface area contributed by atoms with E-state index in [1.807, 2.05) is 97.1 Å². The second-order valence-electron chi connectivity index (χ2n) is 7.29. The van der Waals surface area contributed by atoms with Crippen LogP contribution in [0.1, 0.15) is 22.5 Å². The van der Waals surface area contributed by atoms with Crippen molar-refractivity contribution in [3.05, 3.63) is 132 Å². The molecule has 4 heteroatoms. The lowest BCUT2D eigenvalue weighted by molar-refractivity contribution is 1.23. The Morgan fingerprint density at radius 2 is 0.824 bits per heavy atom. The summed E-state index contributed by atoms with van der Waals surface area (Å²) in [6, 6.07) is 30.8. The minimum absolute atomic E-state index is 0.677. The third kappa shape index (κ3) is 5.05. The predicted octanol–water partition coefficient (Wildman–Crippen LogP) is 5.40. The highest BCUT2D eigenvalue weighted by Crippen LogP contribution is 2.15. The van der Waals surface area contributed by atoms with Crippen molar-refractivity contribution in [3.63, 3.8) is 0 Å². The largest absolute Gasteiger partial charge is 0.255 e. The van der Waals surface area contributed by atoms with Gasteiger partial charge in [0.1, 0.15) is 11.4 Å². The van der Waals surface area contributed by atoms with Crippen LogP contribution in [-0.4, -0.2) is 19.9 Å². The minimum Gasteiger partial charge on any atom is -0.255 e. The van der Waals surface area contributed by atoms with Gasteiger partial charge in [0, 0.05) is 23.5 Å². The first-order chi connectivity index (χ1) is 16.8. The van der Waals surface area contributed by atoms with Crippen LogP contribution in [0.5, 0.6) is 0 Å². The van der Waals surface area contributed by atoms with E-state index in [1.54, 1.807) is 12.4 Å². The van der Waals surface area contributed by atoms with Crippen LogP contribution in [0.25, 0.3) is 22.8 Å². The van der Waals surface area contributed by atoms with Crippen molar-refractivity contribution in [2.75, 3.05) is 0 Å². The zero-order chi connectivity index (χ0) is 23.0. The highest BCUT2D eigenvalue weighted by molar-refractivity contribution is 5.58. The van der Waals surface area contributed by atoms with E-state index in [-0.39, 0.29) is 0 Å². The van der Waals surface area contributed by atoms with Crippen LogP contribution in [0.15, 0.2) is 109 Å². The van der Waals surface area contributed by atoms with Crippen LogP contribution in [0, 0.1) is 23.7 Å². The molecular weight excluding hydrogens is 416 g/mol. The van der Waals surface area contributed by atoms with Gasteiger partial charge in [-0.1, -0.05) is 48.2 Å². The van der Waals surface area contributed by atoms with Crippen molar-refractivity contribution >= 4 is 0 Å². The molecule has 0 saturated carbocycles. The number of pyridine rings is 4. The van der Waals surface area contributed by atoms with E-state index in [2.05, 4.69) is 43.6 Å². The Bertz CT molecular complexity index is 1430. The maximum absolute atomic E-state index is 4.63. The SMILES string of the molecule is C(#Cc1ccccc1C#Cc1cccc(-c2ccccn2)n1)c1cccc(-c2ccccn2)n1. The molecule has 4 heterocycles. The van der Waals surface area contributed by atoms with Crippen molar-refractivity contribution in [2.45, 2.75) is 0 Å². The summed E-state index contributed by atoms with van der Waals surface area (Å²) in [7, 11) is 0. The zero-order valence-electron chi connectivity index (χ0n) is 18.2. The average molecular weight is 435 g/mol. The Morgan fingerprint density at radius 1 is 0.382 bits per heavy atom. The quantitative estimate of drug-likeness (QED) is 0.349. The van der Waals surface area contributed by atoms with Gasteiger partial charge < -0.3 is 0 Å². The van der Waals surface area contributed by atoms with Gasteiger partial charge in [0.2, 0.25) is 0 Å². The van der Waals surface area contributed by atoms with E-state index >= 15 is 0 Å². The lowest BCUT2D eigenvalue weighted by atomic mass is 10.1. The van der Waals surface area contributed by atoms with Gasteiger partial charge in [-0.2, -0.15) is 0 Å². The molecule has 4 aromatic heterocycles. The van der Waals surface area contributed by atoms with E-state index in [0.29, 0.717) is 11.4 Å². The smallest absolute Gasteiger partial charge is 0.114 e. The third-order valence-corrected chi connectivity index (χ3v) is 4.93. The number of aromatic nitrogens is 4. The fourth-order valence-corrected chi connectivity index (χ4v) is 3.29. The predicted molar refractivity (Wildman–Crippen MR) is 133 cm³/mol. The zero-order valence-corrected chi connectivity index (χ0v) is 18.2. The van der Waals surface area contributed by atoms with E-state index in [1.165, 1.54) is 0 Å². The minimum atomic E-state index is 0.677. The topological polar surface area (TPSA) is 51.6 Å². The second kappa shape index (κ2) is 10.0. The van der Waals surface area contributed by atoms with Gasteiger partial charge in [-0.25, -0.2) is 9.97 Å². The van der Waals surface area contributed by atoms with Gasteiger partial charge in [0.25, 0.3) is 0 Å². The molecule has 5 aromatic rings. The number of rotatable bonds is 2. The van der Waals surface area contributed by atoms with Crippen LogP contribution in [0.2, 0.25) is 0 Å². The standard InChI is InChI=1S/C30H18N4/c1-2-10-24(18-20-26-12-8-16-30(34-26)28-14-4-6-22-32-28)23(9-1)17-19-25-11-7-15-29(33-25)27-13-3-5-21-31-27/h1-16,21-22H. The normalized spacial score (nSPS) is 9.88. The van der Waals surface area contributed by atoms with Gasteiger partial charge in [0.05, 0.1) is 22.8 Å². The first-order valence-electron chi connectivity index (χ1n) is 10.8. The summed E-state index contributed by atoms with van der Waals surface area (Å²) in [6.45, 7) is 0. The number of hydrogen-bond acceptors (Lipinski definition) is 4. The summed E-state index contributed by atoms with van der Waals surface area (Å²) in [4.78, 5) is 18.0. The van der Waals surface area contributed by atoms with Crippen molar-refractivity contribution in [1.29, 1.82) is 0 Å². The second-order valence-corrected chi connectivity index (χ2v) is 7.29. The molecule has 0 aliphatic rings. The number of nitrogens with zero attached hydrogens (tertiary/aromatic N) is 4. The Kier molecular flexibility index (Phi) is 6.15. The maximum Gasteiger partial charge on any atom is 0.114 e. The maximum atomic E-state index is 4.63. The molecule has 0 aliphatic heterocycles. The molecule has 5 rings (SSSR count). The van der Waals surface area contributed by atoms with Crippen molar-refractivity contribution in [1.82, 2.24) is 19.9 Å². The molecule has 0 radical (unpaired) electrons. The summed E-state index contributed by atoms with van der Waals surface area (Å²) < 4.78 is 0. The van der Waals surface area contributed by atoms with Gasteiger partial charge in [0.15, 0.2) is 0 Å². The first kappa shape index (κ1) is 20.8. The van der Waals surface area contributed by atoms with Crippen LogP contribution in [-0.2, 0) is 0 Å². The van der Waals surface area contributed by atoms with Crippen molar-refractivity contribution in [2.24, 2.45) is 0 Å². The van der Waals surface area contributed by atoms with Crippen LogP contribution >= 0.6 is 0 Å². The van der Waals surface area contributed by atoms with Gasteiger partial charge in [-0.15, -0.1) is 0 Å². The molecular formula is C30H18N4. The molecule has 34 heavy (non-hydrogen) atoms.